The van der Waals surface area contributed by atoms with E-state index >= 15 is 0 Å². The Morgan fingerprint density at radius 1 is 1.16 bits per heavy atom. The van der Waals surface area contributed by atoms with Crippen molar-refractivity contribution < 1.29 is 0 Å². The van der Waals surface area contributed by atoms with Gasteiger partial charge in [-0.3, -0.25) is 4.98 Å². The molecule has 0 amide bonds. The van der Waals surface area contributed by atoms with Gasteiger partial charge in [0.1, 0.15) is 19.3 Å². The highest BCUT2D eigenvalue weighted by atomic mass is 15.3. The Bertz CT molecular complexity index is 959. The van der Waals surface area contributed by atoms with Crippen LogP contribution in [0.15, 0.2) is 36.8 Å². The zero-order chi connectivity index (χ0) is 21.6. The Hall–Kier alpha value is -2.41. The van der Waals surface area contributed by atoms with Crippen molar-refractivity contribution in [3.05, 3.63) is 48.0 Å². The number of anilines is 1. The summed E-state index contributed by atoms with van der Waals surface area (Å²) < 4.78 is 1.81. The summed E-state index contributed by atoms with van der Waals surface area (Å²) in [5.74, 6) is 1.39. The molecule has 3 aromatic rings. The summed E-state index contributed by atoms with van der Waals surface area (Å²) in [4.78, 5) is 11.8. The lowest BCUT2D eigenvalue weighted by Gasteiger charge is -2.37. The highest BCUT2D eigenvalue weighted by Gasteiger charge is 2.26. The molecule has 0 spiro atoms. The minimum absolute atomic E-state index is 0.457. The van der Waals surface area contributed by atoms with Gasteiger partial charge in [-0.2, -0.15) is 9.61 Å². The fraction of sp³-hybridized carbons (Fsp3) is 0.542. The average Bonchev–Trinajstić information content (AvgIpc) is 3.19. The van der Waals surface area contributed by atoms with Crippen LogP contribution in [0.4, 0.5) is 5.82 Å². The smallest absolute Gasteiger partial charge is 0.150 e. The van der Waals surface area contributed by atoms with Crippen molar-refractivity contribution >= 4 is 24.8 Å². The average molecular weight is 416 g/mol. The Kier molecular flexibility index (Phi) is 7.23. The lowest BCUT2D eigenvalue weighted by molar-refractivity contribution is 0.135. The third-order valence-electron chi connectivity index (χ3n) is 6.42. The maximum Gasteiger partial charge on any atom is 0.150 e. The van der Waals surface area contributed by atoms with Gasteiger partial charge in [0.15, 0.2) is 0 Å². The first-order valence-electron chi connectivity index (χ1n) is 11.7. The van der Waals surface area contributed by atoms with Gasteiger partial charge in [-0.25, -0.2) is 4.98 Å². The van der Waals surface area contributed by atoms with Gasteiger partial charge in [0.2, 0.25) is 0 Å². The maximum atomic E-state index is 6.19. The van der Waals surface area contributed by atoms with Crippen LogP contribution in [0.25, 0.3) is 5.65 Å². The Morgan fingerprint density at radius 2 is 1.94 bits per heavy atom. The van der Waals surface area contributed by atoms with Crippen molar-refractivity contribution in [2.45, 2.75) is 70.9 Å². The van der Waals surface area contributed by atoms with Gasteiger partial charge in [-0.15, -0.1) is 0 Å². The highest BCUT2D eigenvalue weighted by molar-refractivity contribution is 6.36. The van der Waals surface area contributed by atoms with Crippen LogP contribution in [0.5, 0.6) is 0 Å². The number of aromatic nitrogens is 4. The van der Waals surface area contributed by atoms with E-state index in [4.69, 9.17) is 12.8 Å². The van der Waals surface area contributed by atoms with E-state index < -0.39 is 0 Å². The lowest BCUT2D eigenvalue weighted by Crippen LogP contribution is -2.41. The fourth-order valence-electron chi connectivity index (χ4n) is 4.77. The summed E-state index contributed by atoms with van der Waals surface area (Å²) in [7, 11) is 6.19. The second kappa shape index (κ2) is 10.3. The van der Waals surface area contributed by atoms with Gasteiger partial charge < -0.3 is 10.2 Å². The summed E-state index contributed by atoms with van der Waals surface area (Å²) in [6.07, 6.45) is 12.8. The molecule has 6 nitrogen and oxygen atoms in total. The largest absolute Gasteiger partial charge is 0.366 e. The van der Waals surface area contributed by atoms with E-state index in [-0.39, 0.29) is 0 Å². The molecule has 0 aliphatic carbocycles. The van der Waals surface area contributed by atoms with Gasteiger partial charge in [-0.1, -0.05) is 32.8 Å². The molecular weight excluding hydrogens is 383 g/mol. The van der Waals surface area contributed by atoms with Crippen molar-refractivity contribution in [1.29, 1.82) is 0 Å². The monoisotopic (exact) mass is 416 g/mol. The first kappa shape index (κ1) is 21.8. The molecule has 7 heteroatoms. The van der Waals surface area contributed by atoms with Crippen LogP contribution in [-0.2, 0) is 6.54 Å². The molecule has 1 saturated heterocycles. The van der Waals surface area contributed by atoms with Gasteiger partial charge in [0.05, 0.1) is 0 Å². The molecule has 0 atom stereocenters. The molecule has 1 fully saturated rings. The molecule has 0 aromatic carbocycles. The van der Waals surface area contributed by atoms with Crippen LogP contribution in [0.2, 0.25) is 0 Å². The van der Waals surface area contributed by atoms with Crippen LogP contribution in [0.3, 0.4) is 0 Å². The number of hydrogen-bond donors (Lipinski definition) is 1. The van der Waals surface area contributed by atoms with E-state index in [9.17, 15) is 0 Å². The normalized spacial score (nSPS) is 15.7. The second-order valence-corrected chi connectivity index (χ2v) is 8.66. The van der Waals surface area contributed by atoms with Crippen LogP contribution >= 0.6 is 0 Å². The van der Waals surface area contributed by atoms with E-state index in [0.717, 1.165) is 54.7 Å². The molecule has 0 unspecified atom stereocenters. The number of nitrogens with one attached hydrogen (secondary N) is 1. The standard InChI is InChI=1S/C24H33BN6/c1-3-6-20(7-4-2)30-12-9-19(10-13-30)22-14-23(27-16-18-8-5-11-26-15-18)31-24(29-22)21(25)17-28-31/h5,8,11,14-15,17,19-20,27H,3-4,6-7,9-10,12-13,16H2,1-2H3. The third-order valence-corrected chi connectivity index (χ3v) is 6.42. The van der Waals surface area contributed by atoms with Crippen molar-refractivity contribution in [2.24, 2.45) is 0 Å². The Labute approximate surface area is 186 Å². The predicted molar refractivity (Wildman–Crippen MR) is 127 cm³/mol. The molecule has 4 heterocycles. The van der Waals surface area contributed by atoms with E-state index in [2.05, 4.69) is 46.3 Å². The number of nitrogens with zero attached hydrogens (tertiary/aromatic N) is 5. The van der Waals surface area contributed by atoms with Gasteiger partial charge >= 0.3 is 0 Å². The number of rotatable bonds is 9. The Morgan fingerprint density at radius 3 is 2.61 bits per heavy atom. The van der Waals surface area contributed by atoms with Crippen LogP contribution in [-0.4, -0.2) is 51.5 Å². The molecule has 31 heavy (non-hydrogen) atoms. The van der Waals surface area contributed by atoms with Gasteiger partial charge in [0, 0.05) is 48.9 Å². The van der Waals surface area contributed by atoms with E-state index in [1.54, 1.807) is 12.4 Å². The minimum atomic E-state index is 0.457. The van der Waals surface area contributed by atoms with E-state index in [1.165, 1.54) is 25.7 Å². The quantitative estimate of drug-likeness (QED) is 0.540. The highest BCUT2D eigenvalue weighted by Crippen LogP contribution is 2.31. The molecule has 0 bridgehead atoms. The molecule has 1 N–H and O–H groups in total. The number of piperidine rings is 1. The third kappa shape index (κ3) is 5.09. The molecule has 1 aliphatic heterocycles. The zero-order valence-corrected chi connectivity index (χ0v) is 18.8. The number of pyridine rings is 1. The fourth-order valence-corrected chi connectivity index (χ4v) is 4.77. The summed E-state index contributed by atoms with van der Waals surface area (Å²) in [6, 6.07) is 6.91. The molecule has 162 valence electrons. The van der Waals surface area contributed by atoms with Crippen molar-refractivity contribution in [3.8, 4) is 0 Å². The SMILES string of the molecule is [B]c1cnn2c(NCc3cccnc3)cc(C3CCN(C(CCC)CCC)CC3)nc12. The molecule has 2 radical (unpaired) electrons. The number of hydrogen-bond acceptors (Lipinski definition) is 5. The minimum Gasteiger partial charge on any atom is -0.366 e. The molecule has 1 aliphatic rings. The molecular formula is C24H33BN6. The topological polar surface area (TPSA) is 58.4 Å². The van der Waals surface area contributed by atoms with Gasteiger partial charge in [-0.05, 0) is 55.9 Å². The van der Waals surface area contributed by atoms with Gasteiger partial charge in [0.25, 0.3) is 0 Å². The molecule has 4 rings (SSSR count). The van der Waals surface area contributed by atoms with Crippen molar-refractivity contribution in [3.63, 3.8) is 0 Å². The predicted octanol–water partition coefficient (Wildman–Crippen LogP) is 3.68. The van der Waals surface area contributed by atoms with Crippen LogP contribution in [0, 0.1) is 0 Å². The van der Waals surface area contributed by atoms with Crippen LogP contribution < -0.4 is 10.8 Å². The van der Waals surface area contributed by atoms with Crippen LogP contribution in [0.1, 0.15) is 69.5 Å². The zero-order valence-electron chi connectivity index (χ0n) is 18.8. The van der Waals surface area contributed by atoms with Crippen molar-refractivity contribution in [1.82, 2.24) is 24.5 Å². The first-order chi connectivity index (χ1) is 15.2. The summed E-state index contributed by atoms with van der Waals surface area (Å²) in [5.41, 5.74) is 3.61. The maximum absolute atomic E-state index is 6.19. The summed E-state index contributed by atoms with van der Waals surface area (Å²) in [5, 5.41) is 7.95. The lowest BCUT2D eigenvalue weighted by atomic mass is 9.91. The first-order valence-corrected chi connectivity index (χ1v) is 11.7. The second-order valence-electron chi connectivity index (χ2n) is 8.66. The van der Waals surface area contributed by atoms with E-state index in [0.29, 0.717) is 17.9 Å². The summed E-state index contributed by atoms with van der Waals surface area (Å²) in [6.45, 7) is 7.57. The molecule has 3 aromatic heterocycles. The van der Waals surface area contributed by atoms with Crippen molar-refractivity contribution in [2.75, 3.05) is 18.4 Å². The number of likely N-dealkylation sites (tertiary alicyclic amines) is 1. The van der Waals surface area contributed by atoms with E-state index in [1.807, 2.05) is 16.8 Å². The molecule has 0 saturated carbocycles. The Balaban J connectivity index is 1.51. The number of fused-ring (bicyclic) bond motifs is 1. The summed E-state index contributed by atoms with van der Waals surface area (Å²) >= 11 is 0.